The Morgan fingerprint density at radius 3 is 1.31 bits per heavy atom. The van der Waals surface area contributed by atoms with Crippen molar-refractivity contribution in [3.05, 3.63) is 268 Å². The van der Waals surface area contributed by atoms with Gasteiger partial charge in [0.05, 0.1) is 19.3 Å². The van der Waals surface area contributed by atoms with E-state index in [0.29, 0.717) is 63.9 Å². The second-order valence-electron chi connectivity index (χ2n) is 22.0. The maximum atomic E-state index is 11.4. The molecule has 89 heavy (non-hydrogen) atoms. The average Bonchev–Trinajstić information content (AvgIpc) is 1.81. The second kappa shape index (κ2) is 33.9. The molecule has 9 aromatic carbocycles. The lowest BCUT2D eigenvalue weighted by atomic mass is 9.79. The molecule has 6 atom stereocenters. The predicted octanol–water partition coefficient (Wildman–Crippen LogP) is 19.8. The van der Waals surface area contributed by atoms with Gasteiger partial charge in [0.25, 0.3) is 0 Å². The van der Waals surface area contributed by atoms with Crippen molar-refractivity contribution in [3.8, 4) is 16.9 Å². The SMILES string of the molecule is C=C.C=C.CCC(CC(CC(C)C(CN(CC)c1ccc(C=O)cc1)OO)C(Cn1c2ccccc2c2ccccc21)OO)C(CCCOc1ccc(N(c2ccccc2)c2ccc(-c3ccc(N(c4ccccc4)c4ccccc4)cc3)cc2)cc1)OO. The molecule has 0 saturated carbocycles. The molecule has 6 unspecified atom stereocenters. The number of benzene rings is 9. The Hall–Kier alpha value is -9.11. The van der Waals surface area contributed by atoms with E-state index in [1.165, 1.54) is 0 Å². The van der Waals surface area contributed by atoms with Gasteiger partial charge in [-0.1, -0.05) is 136 Å². The molecule has 12 nitrogen and oxygen atoms in total. The van der Waals surface area contributed by atoms with E-state index in [1.54, 1.807) is 12.1 Å². The monoisotopic (exact) mass is 1190 g/mol. The van der Waals surface area contributed by atoms with E-state index >= 15 is 0 Å². The van der Waals surface area contributed by atoms with Crippen molar-refractivity contribution in [1.29, 1.82) is 0 Å². The van der Waals surface area contributed by atoms with Crippen LogP contribution in [0, 0.1) is 17.8 Å². The molecule has 0 amide bonds. The van der Waals surface area contributed by atoms with Crippen LogP contribution >= 0.6 is 0 Å². The maximum Gasteiger partial charge on any atom is 0.150 e. The van der Waals surface area contributed by atoms with Gasteiger partial charge in [-0.05, 0) is 183 Å². The van der Waals surface area contributed by atoms with Gasteiger partial charge in [-0.3, -0.25) is 20.6 Å². The van der Waals surface area contributed by atoms with Gasteiger partial charge in [0, 0.05) is 80.3 Å². The fraction of sp³-hybridized carbons (Fsp3) is 0.234. The Kier molecular flexibility index (Phi) is 25.1. The zero-order valence-corrected chi connectivity index (χ0v) is 51.4. The number of aldehydes is 1. The van der Waals surface area contributed by atoms with Gasteiger partial charge in [0.1, 0.15) is 24.2 Å². The first-order valence-electron chi connectivity index (χ1n) is 30.7. The van der Waals surface area contributed by atoms with E-state index in [-0.39, 0.29) is 17.8 Å². The topological polar surface area (TPSA) is 129 Å². The van der Waals surface area contributed by atoms with Crippen LogP contribution in [0.1, 0.15) is 63.2 Å². The Labute approximate surface area is 525 Å². The minimum atomic E-state index is -0.683. The van der Waals surface area contributed by atoms with Gasteiger partial charge in [0.2, 0.25) is 0 Å². The molecule has 0 aliphatic carbocycles. The molecule has 460 valence electrons. The molecule has 3 N–H and O–H groups in total. The first kappa shape index (κ1) is 65.9. The van der Waals surface area contributed by atoms with E-state index in [4.69, 9.17) is 19.4 Å². The molecule has 0 fully saturated rings. The highest BCUT2D eigenvalue weighted by Gasteiger charge is 2.35. The van der Waals surface area contributed by atoms with Crippen LogP contribution in [0.15, 0.2) is 263 Å². The molecule has 0 radical (unpaired) electrons. The Morgan fingerprint density at radius 1 is 0.472 bits per heavy atom. The molecule has 1 heterocycles. The lowest BCUT2D eigenvalue weighted by Gasteiger charge is -2.35. The van der Waals surface area contributed by atoms with Crippen molar-refractivity contribution in [3.63, 3.8) is 0 Å². The third kappa shape index (κ3) is 16.5. The molecular formula is C77H84N4O8. The highest BCUT2D eigenvalue weighted by Crippen LogP contribution is 2.40. The Morgan fingerprint density at radius 2 is 0.888 bits per heavy atom. The quantitative estimate of drug-likeness (QED) is 0.0131. The molecule has 0 saturated heterocycles. The number of carbonyl (C=O) groups excluding carboxylic acids is 1. The van der Waals surface area contributed by atoms with Crippen LogP contribution in [0.4, 0.5) is 39.8 Å². The largest absolute Gasteiger partial charge is 0.494 e. The number of anilines is 7. The summed E-state index contributed by atoms with van der Waals surface area (Å²) in [6.45, 7) is 19.9. The van der Waals surface area contributed by atoms with Gasteiger partial charge in [-0.2, -0.15) is 0 Å². The van der Waals surface area contributed by atoms with Crippen molar-refractivity contribution >= 4 is 67.9 Å². The molecule has 10 aromatic rings. The lowest BCUT2D eigenvalue weighted by molar-refractivity contribution is -0.307. The number of rotatable bonds is 30. The fourth-order valence-corrected chi connectivity index (χ4v) is 12.1. The molecule has 12 heteroatoms. The summed E-state index contributed by atoms with van der Waals surface area (Å²) in [4.78, 5) is 34.2. The summed E-state index contributed by atoms with van der Waals surface area (Å²) in [7, 11) is 0. The number of likely N-dealkylation sites (N-methyl/N-ethyl adjacent to an activating group) is 1. The summed E-state index contributed by atoms with van der Waals surface area (Å²) in [5.74, 6) is 0.0987. The summed E-state index contributed by atoms with van der Waals surface area (Å²) in [5.41, 5.74) is 12.1. The van der Waals surface area contributed by atoms with E-state index < -0.39 is 18.3 Å². The molecular weight excluding hydrogens is 1110 g/mol. The van der Waals surface area contributed by atoms with Crippen LogP contribution in [0.25, 0.3) is 32.9 Å². The number of fused-ring (bicyclic) bond motifs is 3. The van der Waals surface area contributed by atoms with E-state index in [1.807, 2.05) is 92.7 Å². The van der Waals surface area contributed by atoms with E-state index in [9.17, 15) is 20.6 Å². The third-order valence-electron chi connectivity index (χ3n) is 16.7. The molecule has 0 aliphatic rings. The first-order valence-corrected chi connectivity index (χ1v) is 30.7. The summed E-state index contributed by atoms with van der Waals surface area (Å²) in [5, 5.41) is 34.3. The number of ether oxygens (including phenoxy) is 1. The van der Waals surface area contributed by atoms with Crippen LogP contribution in [0.5, 0.6) is 5.75 Å². The molecule has 0 spiro atoms. The van der Waals surface area contributed by atoms with Crippen LogP contribution in [-0.2, 0) is 21.2 Å². The van der Waals surface area contributed by atoms with Gasteiger partial charge in [0.15, 0.2) is 0 Å². The standard InChI is InChI=1S/C73H76N4O8.2C2H4/c1-4-55(49-58(48-53(3)72(84-80)50-74(5-2)59-37-31-54(52-78)32-38-59)73(85-81)51-75-69-28-17-15-26-67(69)68-27-16-18-29-70(68)75)71(83-79)30-19-47-82-66-45-43-65(44-46-66)77(62-24-13-8-14-25-62)64-41-35-57(36-42-64)56-33-39-63(40-34-56)76(60-20-9-6-10-21-60)61-22-11-7-12-23-61;2*1-2/h6-18,20-29,31-46,52-53,55,58,71-73,79-81H,4-5,19,30,47-51H2,1-3H3;2*1-2H2. The van der Waals surface area contributed by atoms with Crippen molar-refractivity contribution in [2.24, 2.45) is 17.8 Å². The van der Waals surface area contributed by atoms with Crippen LogP contribution < -0.4 is 19.4 Å². The lowest BCUT2D eigenvalue weighted by Crippen LogP contribution is -2.40. The van der Waals surface area contributed by atoms with Gasteiger partial charge in [-0.15, -0.1) is 26.3 Å². The molecule has 10 rings (SSSR count). The van der Waals surface area contributed by atoms with Crippen LogP contribution in [0.2, 0.25) is 0 Å². The van der Waals surface area contributed by atoms with Gasteiger partial charge in [-0.25, -0.2) is 14.7 Å². The first-order chi connectivity index (χ1) is 43.8. The number of hydrogen-bond acceptors (Lipinski definition) is 11. The number of para-hydroxylation sites is 5. The predicted molar refractivity (Wildman–Crippen MR) is 366 cm³/mol. The maximum absolute atomic E-state index is 11.4. The fourth-order valence-electron chi connectivity index (χ4n) is 12.1. The Balaban J connectivity index is 0.00000251. The van der Waals surface area contributed by atoms with Crippen LogP contribution in [-0.4, -0.2) is 64.6 Å². The highest BCUT2D eigenvalue weighted by atomic mass is 17.1. The summed E-state index contributed by atoms with van der Waals surface area (Å²) in [6, 6.07) is 80.6. The van der Waals surface area contributed by atoms with Crippen molar-refractivity contribution in [2.75, 3.05) is 34.4 Å². The van der Waals surface area contributed by atoms with Crippen LogP contribution in [0.3, 0.4) is 0 Å². The molecule has 1 aromatic heterocycles. The normalized spacial score (nSPS) is 13.1. The second-order valence-corrected chi connectivity index (χ2v) is 22.0. The number of carbonyl (C=O) groups is 1. The number of nitrogens with zero attached hydrogens (tertiary/aromatic N) is 4. The Bertz CT molecular complexity index is 3570. The van der Waals surface area contributed by atoms with Crippen molar-refractivity contribution in [2.45, 2.75) is 77.7 Å². The number of aromatic nitrogens is 1. The van der Waals surface area contributed by atoms with Gasteiger partial charge >= 0.3 is 0 Å². The zero-order valence-electron chi connectivity index (χ0n) is 51.4. The summed E-state index contributed by atoms with van der Waals surface area (Å²) < 4.78 is 8.58. The zero-order chi connectivity index (χ0) is 62.9. The smallest absolute Gasteiger partial charge is 0.150 e. The summed E-state index contributed by atoms with van der Waals surface area (Å²) >= 11 is 0. The van der Waals surface area contributed by atoms with Gasteiger partial charge < -0.3 is 24.0 Å². The van der Waals surface area contributed by atoms with E-state index in [2.05, 4.69) is 198 Å². The van der Waals surface area contributed by atoms with E-state index in [0.717, 1.165) is 84.8 Å². The number of hydrogen-bond donors (Lipinski definition) is 3. The highest BCUT2D eigenvalue weighted by molar-refractivity contribution is 6.08. The third-order valence-corrected chi connectivity index (χ3v) is 16.7. The van der Waals surface area contributed by atoms with Crippen molar-refractivity contribution in [1.82, 2.24) is 4.57 Å². The average molecular weight is 1190 g/mol. The summed E-state index contributed by atoms with van der Waals surface area (Å²) in [6.07, 6.45) is 1.85. The van der Waals surface area contributed by atoms with Crippen molar-refractivity contribution < 1.29 is 40.0 Å². The minimum Gasteiger partial charge on any atom is -0.494 e. The molecule has 0 aliphatic heterocycles. The molecule has 0 bridgehead atoms. The minimum absolute atomic E-state index is 0.136.